The normalized spacial score (nSPS) is 14.8. The molecule has 2 heterocycles. The maximum atomic E-state index is 12.5. The van der Waals surface area contributed by atoms with Crippen molar-refractivity contribution in [3.63, 3.8) is 0 Å². The van der Waals surface area contributed by atoms with Crippen LogP contribution in [-0.4, -0.2) is 25.0 Å². The Bertz CT molecular complexity index is 1360. The zero-order valence-corrected chi connectivity index (χ0v) is 17.8. The topological polar surface area (TPSA) is 131 Å². The summed E-state index contributed by atoms with van der Waals surface area (Å²) < 4.78 is 5.34. The van der Waals surface area contributed by atoms with Crippen LogP contribution in [0, 0.1) is 0 Å². The third-order valence-electron chi connectivity index (χ3n) is 6.05. The molecule has 3 aromatic rings. The SMILES string of the molecule is Nc1c(N2CCc3ccc(CNC(=O)Cc4ccc5c(c4)NC(=O)CO5)cc3C2)c(=O)c1=O. The number of rotatable bonds is 5. The van der Waals surface area contributed by atoms with Gasteiger partial charge < -0.3 is 26.0 Å². The first-order valence-electron chi connectivity index (χ1n) is 10.7. The molecule has 2 amide bonds. The van der Waals surface area contributed by atoms with Gasteiger partial charge in [-0.3, -0.25) is 19.2 Å². The van der Waals surface area contributed by atoms with E-state index in [0.717, 1.165) is 23.1 Å². The molecule has 0 aliphatic carbocycles. The number of hydrogen-bond donors (Lipinski definition) is 3. The molecule has 33 heavy (non-hydrogen) atoms. The Morgan fingerprint density at radius 3 is 2.70 bits per heavy atom. The second kappa shape index (κ2) is 8.09. The number of anilines is 3. The zero-order chi connectivity index (χ0) is 23.1. The van der Waals surface area contributed by atoms with E-state index in [4.69, 9.17) is 10.5 Å². The second-order valence-corrected chi connectivity index (χ2v) is 8.32. The first kappa shape index (κ1) is 20.7. The third-order valence-corrected chi connectivity index (χ3v) is 6.05. The van der Waals surface area contributed by atoms with E-state index in [1.54, 1.807) is 18.2 Å². The predicted octanol–water partition coefficient (Wildman–Crippen LogP) is 0.617. The molecule has 9 heteroatoms. The lowest BCUT2D eigenvalue weighted by Gasteiger charge is -2.32. The molecule has 168 valence electrons. The highest BCUT2D eigenvalue weighted by Gasteiger charge is 2.26. The molecule has 4 N–H and O–H groups in total. The van der Waals surface area contributed by atoms with Crippen LogP contribution in [0.2, 0.25) is 0 Å². The lowest BCUT2D eigenvalue weighted by molar-refractivity contribution is -0.120. The summed E-state index contributed by atoms with van der Waals surface area (Å²) in [4.78, 5) is 49.1. The average molecular weight is 446 g/mol. The molecule has 0 atom stereocenters. The lowest BCUT2D eigenvalue weighted by Crippen LogP contribution is -2.44. The Balaban J connectivity index is 1.21. The highest BCUT2D eigenvalue weighted by molar-refractivity contribution is 5.95. The maximum Gasteiger partial charge on any atom is 0.262 e. The van der Waals surface area contributed by atoms with E-state index in [2.05, 4.69) is 10.6 Å². The molecular weight excluding hydrogens is 424 g/mol. The van der Waals surface area contributed by atoms with Crippen molar-refractivity contribution in [1.82, 2.24) is 5.32 Å². The van der Waals surface area contributed by atoms with Crippen molar-refractivity contribution >= 4 is 28.9 Å². The van der Waals surface area contributed by atoms with E-state index in [1.807, 2.05) is 23.1 Å². The third kappa shape index (κ3) is 3.93. The number of carbonyl (C=O) groups is 2. The van der Waals surface area contributed by atoms with Gasteiger partial charge in [0.25, 0.3) is 16.8 Å². The van der Waals surface area contributed by atoms with Gasteiger partial charge in [-0.25, -0.2) is 0 Å². The molecule has 0 bridgehead atoms. The Kier molecular flexibility index (Phi) is 5.08. The summed E-state index contributed by atoms with van der Waals surface area (Å²) in [7, 11) is 0. The number of ether oxygens (including phenoxy) is 1. The summed E-state index contributed by atoms with van der Waals surface area (Å²) in [6.07, 6.45) is 0.921. The molecular formula is C24H22N4O5. The number of hydrogen-bond acceptors (Lipinski definition) is 7. The van der Waals surface area contributed by atoms with Gasteiger partial charge in [-0.05, 0) is 40.8 Å². The summed E-state index contributed by atoms with van der Waals surface area (Å²) in [5.41, 5.74) is 9.44. The molecule has 0 unspecified atom stereocenters. The van der Waals surface area contributed by atoms with Gasteiger partial charge in [0.15, 0.2) is 6.61 Å². The van der Waals surface area contributed by atoms with Gasteiger partial charge in [-0.1, -0.05) is 24.3 Å². The van der Waals surface area contributed by atoms with Crippen molar-refractivity contribution in [3.05, 3.63) is 79.1 Å². The molecule has 0 saturated carbocycles. The number of nitrogen functional groups attached to an aromatic ring is 1. The fraction of sp³-hybridized carbons (Fsp3) is 0.250. The Hall–Kier alpha value is -4.14. The molecule has 0 saturated heterocycles. The predicted molar refractivity (Wildman–Crippen MR) is 123 cm³/mol. The number of nitrogens with two attached hydrogens (primary N) is 1. The van der Waals surface area contributed by atoms with Gasteiger partial charge in [0.2, 0.25) is 5.91 Å². The largest absolute Gasteiger partial charge is 0.482 e. The highest BCUT2D eigenvalue weighted by atomic mass is 16.5. The quantitative estimate of drug-likeness (QED) is 0.490. The van der Waals surface area contributed by atoms with Crippen LogP contribution in [0.15, 0.2) is 46.0 Å². The summed E-state index contributed by atoms with van der Waals surface area (Å²) in [5, 5.41) is 5.66. The Morgan fingerprint density at radius 2 is 1.88 bits per heavy atom. The van der Waals surface area contributed by atoms with Gasteiger partial charge >= 0.3 is 0 Å². The van der Waals surface area contributed by atoms with E-state index >= 15 is 0 Å². The molecule has 5 rings (SSSR count). The number of carbonyl (C=O) groups excluding carboxylic acids is 2. The summed E-state index contributed by atoms with van der Waals surface area (Å²) in [5.74, 6) is 0.225. The molecule has 9 nitrogen and oxygen atoms in total. The van der Waals surface area contributed by atoms with Crippen molar-refractivity contribution in [2.75, 3.05) is 29.1 Å². The number of fused-ring (bicyclic) bond motifs is 2. The molecule has 2 aliphatic heterocycles. The fourth-order valence-electron chi connectivity index (χ4n) is 4.31. The van der Waals surface area contributed by atoms with Crippen LogP contribution in [0.5, 0.6) is 5.75 Å². The van der Waals surface area contributed by atoms with Crippen LogP contribution in [-0.2, 0) is 35.5 Å². The summed E-state index contributed by atoms with van der Waals surface area (Å²) >= 11 is 0. The van der Waals surface area contributed by atoms with Crippen molar-refractivity contribution in [2.24, 2.45) is 0 Å². The Morgan fingerprint density at radius 1 is 1.06 bits per heavy atom. The van der Waals surface area contributed by atoms with E-state index in [-0.39, 0.29) is 30.5 Å². The molecule has 3 aromatic carbocycles. The van der Waals surface area contributed by atoms with Gasteiger partial charge in [-0.15, -0.1) is 0 Å². The van der Waals surface area contributed by atoms with Crippen molar-refractivity contribution < 1.29 is 14.3 Å². The molecule has 0 fully saturated rings. The number of benzene rings is 2. The van der Waals surface area contributed by atoms with E-state index in [1.165, 1.54) is 5.56 Å². The molecule has 0 radical (unpaired) electrons. The van der Waals surface area contributed by atoms with Crippen LogP contribution < -0.4 is 36.9 Å². The van der Waals surface area contributed by atoms with E-state index in [9.17, 15) is 19.2 Å². The van der Waals surface area contributed by atoms with Crippen LogP contribution in [0.3, 0.4) is 0 Å². The van der Waals surface area contributed by atoms with Gasteiger partial charge in [0.1, 0.15) is 17.1 Å². The van der Waals surface area contributed by atoms with Gasteiger partial charge in [0, 0.05) is 19.6 Å². The van der Waals surface area contributed by atoms with Crippen LogP contribution in [0.25, 0.3) is 0 Å². The Labute approximate surface area is 188 Å². The van der Waals surface area contributed by atoms with Gasteiger partial charge in [-0.2, -0.15) is 0 Å². The fourth-order valence-corrected chi connectivity index (χ4v) is 4.31. The van der Waals surface area contributed by atoms with Crippen molar-refractivity contribution in [3.8, 4) is 5.75 Å². The molecule has 0 aromatic heterocycles. The van der Waals surface area contributed by atoms with Crippen LogP contribution >= 0.6 is 0 Å². The minimum Gasteiger partial charge on any atom is -0.482 e. The average Bonchev–Trinajstić information content (AvgIpc) is 2.82. The van der Waals surface area contributed by atoms with Gasteiger partial charge in [0.05, 0.1) is 12.1 Å². The van der Waals surface area contributed by atoms with Crippen LogP contribution in [0.1, 0.15) is 22.3 Å². The smallest absolute Gasteiger partial charge is 0.262 e. The minimum absolute atomic E-state index is 0.00914. The second-order valence-electron chi connectivity index (χ2n) is 8.32. The summed E-state index contributed by atoms with van der Waals surface area (Å²) in [6.45, 7) is 1.48. The number of nitrogens with zero attached hydrogens (tertiary/aromatic N) is 1. The lowest BCUT2D eigenvalue weighted by atomic mass is 9.96. The zero-order valence-electron chi connectivity index (χ0n) is 17.8. The number of amides is 2. The van der Waals surface area contributed by atoms with E-state index in [0.29, 0.717) is 36.8 Å². The van der Waals surface area contributed by atoms with Crippen molar-refractivity contribution in [1.29, 1.82) is 0 Å². The monoisotopic (exact) mass is 446 g/mol. The van der Waals surface area contributed by atoms with Crippen molar-refractivity contribution in [2.45, 2.75) is 25.9 Å². The first-order valence-corrected chi connectivity index (χ1v) is 10.7. The highest BCUT2D eigenvalue weighted by Crippen LogP contribution is 2.29. The minimum atomic E-state index is -0.610. The standard InChI is InChI=1S/C24H22N4O5/c25-21-22(24(32)23(21)31)28-6-5-15-3-1-14(7-16(15)11-28)10-26-19(29)9-13-2-4-18-17(8-13)27-20(30)12-33-18/h1-4,7-8H,5-6,9-12,25H2,(H,26,29)(H,27,30). The van der Waals surface area contributed by atoms with Crippen LogP contribution in [0.4, 0.5) is 17.1 Å². The summed E-state index contributed by atoms with van der Waals surface area (Å²) in [6, 6.07) is 11.3. The molecule has 2 aliphatic rings. The maximum absolute atomic E-state index is 12.5. The molecule has 0 spiro atoms. The number of nitrogens with one attached hydrogen (secondary N) is 2. The first-order chi connectivity index (χ1) is 15.9. The van der Waals surface area contributed by atoms with E-state index < -0.39 is 10.9 Å².